The largest absolute Gasteiger partial charge is 0.481 e. The van der Waals surface area contributed by atoms with Gasteiger partial charge in [-0.1, -0.05) is 24.1 Å². The monoisotopic (exact) mass is 424 g/mol. The molecule has 2 rings (SSSR count). The number of rotatable bonds is 10. The molecular formula is C26H36N2O3. The van der Waals surface area contributed by atoms with Gasteiger partial charge in [-0.25, -0.2) is 0 Å². The Hall–Kier alpha value is -2.95. The summed E-state index contributed by atoms with van der Waals surface area (Å²) in [4.78, 5) is 13.3. The first-order valence-corrected chi connectivity index (χ1v) is 11.0. The van der Waals surface area contributed by atoms with Crippen LogP contribution >= 0.6 is 0 Å². The molecule has 168 valence electrons. The van der Waals surface area contributed by atoms with Crippen LogP contribution in [0.5, 0.6) is 11.5 Å². The van der Waals surface area contributed by atoms with Crippen molar-refractivity contribution >= 4 is 16.6 Å². The molecule has 0 amide bonds. The molecule has 0 aliphatic heterocycles. The van der Waals surface area contributed by atoms with Crippen LogP contribution in [-0.4, -0.2) is 11.2 Å². The van der Waals surface area contributed by atoms with Crippen LogP contribution in [0.15, 0.2) is 58.1 Å². The van der Waals surface area contributed by atoms with Crippen molar-refractivity contribution in [1.82, 2.24) is 4.57 Å². The summed E-state index contributed by atoms with van der Waals surface area (Å²) in [6, 6.07) is 5.52. The van der Waals surface area contributed by atoms with Gasteiger partial charge in [0.05, 0.1) is 11.3 Å². The molecule has 0 saturated heterocycles. The lowest BCUT2D eigenvalue weighted by Gasteiger charge is -2.18. The molecular weight excluding hydrogens is 388 g/mol. The number of benzene rings is 1. The fourth-order valence-corrected chi connectivity index (χ4v) is 3.38. The van der Waals surface area contributed by atoms with E-state index >= 15 is 0 Å². The van der Waals surface area contributed by atoms with Crippen LogP contribution in [0.4, 0.5) is 5.69 Å². The first-order valence-electron chi connectivity index (χ1n) is 11.0. The molecule has 1 aromatic carbocycles. The summed E-state index contributed by atoms with van der Waals surface area (Å²) >= 11 is 0. The number of fused-ring (bicyclic) bond motifs is 1. The first-order chi connectivity index (χ1) is 14.8. The molecule has 0 radical (unpaired) electrons. The first kappa shape index (κ1) is 24.3. The highest BCUT2D eigenvalue weighted by Gasteiger charge is 2.20. The molecule has 0 bridgehead atoms. The molecule has 1 heterocycles. The summed E-state index contributed by atoms with van der Waals surface area (Å²) in [6.45, 7) is 13.0. The van der Waals surface area contributed by atoms with Crippen LogP contribution < -0.4 is 20.8 Å². The maximum absolute atomic E-state index is 13.3. The predicted octanol–water partition coefficient (Wildman–Crippen LogP) is 6.37. The van der Waals surface area contributed by atoms with E-state index in [9.17, 15) is 4.79 Å². The van der Waals surface area contributed by atoms with Gasteiger partial charge >= 0.3 is 0 Å². The molecule has 31 heavy (non-hydrogen) atoms. The Bertz CT molecular complexity index is 1050. The molecule has 1 aromatic heterocycles. The zero-order valence-corrected chi connectivity index (χ0v) is 19.7. The Morgan fingerprint density at radius 1 is 1.13 bits per heavy atom. The van der Waals surface area contributed by atoms with Crippen molar-refractivity contribution in [3.05, 3.63) is 63.7 Å². The summed E-state index contributed by atoms with van der Waals surface area (Å²) in [5, 5.41) is 0.808. The van der Waals surface area contributed by atoms with E-state index in [1.165, 1.54) is 11.1 Å². The number of nitrogens with two attached hydrogens (primary N) is 1. The number of ether oxygens (including phenoxy) is 2. The van der Waals surface area contributed by atoms with Crippen LogP contribution in [0.25, 0.3) is 10.9 Å². The molecule has 5 heteroatoms. The van der Waals surface area contributed by atoms with E-state index in [0.717, 1.165) is 29.5 Å². The minimum absolute atomic E-state index is 0.210. The topological polar surface area (TPSA) is 66.5 Å². The third-order valence-corrected chi connectivity index (χ3v) is 5.17. The van der Waals surface area contributed by atoms with Crippen molar-refractivity contribution in [2.24, 2.45) is 0 Å². The minimum atomic E-state index is -0.210. The number of hydrogen-bond acceptors (Lipinski definition) is 4. The molecule has 2 N–H and O–H groups in total. The zero-order chi connectivity index (χ0) is 23.0. The quantitative estimate of drug-likeness (QED) is 0.273. The van der Waals surface area contributed by atoms with E-state index in [1.54, 1.807) is 4.57 Å². The van der Waals surface area contributed by atoms with E-state index in [2.05, 4.69) is 26.8 Å². The lowest BCUT2D eigenvalue weighted by Crippen LogP contribution is -2.23. The van der Waals surface area contributed by atoms with Crippen molar-refractivity contribution in [3.8, 4) is 11.5 Å². The second-order valence-electron chi connectivity index (χ2n) is 7.88. The number of aromatic nitrogens is 1. The minimum Gasteiger partial charge on any atom is -0.481 e. The molecule has 0 unspecified atom stereocenters. The Balaban J connectivity index is 2.48. The van der Waals surface area contributed by atoms with Crippen LogP contribution in [-0.2, 0) is 6.54 Å². The standard InChI is InChI=1S/C26H36N2O3/c1-7-21(8-2)31-24-22-14-13-20(27)17-23(22)28(9-3)26(29)25(24)30-16-15-19(6)12-10-11-18(4)5/h7,11,13-15,17H,8-10,12,16,27H2,1-6H3/b19-15+,21-7?. The van der Waals surface area contributed by atoms with Crippen LogP contribution in [0.3, 0.4) is 0 Å². The van der Waals surface area contributed by atoms with Gasteiger partial charge in [0.15, 0.2) is 5.75 Å². The number of pyridine rings is 1. The highest BCUT2D eigenvalue weighted by molar-refractivity contribution is 5.90. The molecule has 0 fully saturated rings. The van der Waals surface area contributed by atoms with Crippen molar-refractivity contribution in [3.63, 3.8) is 0 Å². The summed E-state index contributed by atoms with van der Waals surface area (Å²) < 4.78 is 13.9. The number of nitrogen functional groups attached to an aromatic ring is 1. The third-order valence-electron chi connectivity index (χ3n) is 5.17. The molecule has 0 aliphatic carbocycles. The van der Waals surface area contributed by atoms with E-state index in [0.29, 0.717) is 31.0 Å². The van der Waals surface area contributed by atoms with Gasteiger partial charge in [0.2, 0.25) is 5.75 Å². The van der Waals surface area contributed by atoms with Crippen molar-refractivity contribution in [2.75, 3.05) is 12.3 Å². The summed E-state index contributed by atoms with van der Waals surface area (Å²) in [7, 11) is 0. The fourth-order valence-electron chi connectivity index (χ4n) is 3.38. The molecule has 2 aromatic rings. The van der Waals surface area contributed by atoms with Crippen LogP contribution in [0.2, 0.25) is 0 Å². The van der Waals surface area contributed by atoms with E-state index in [4.69, 9.17) is 15.2 Å². The Labute approximate surface area is 185 Å². The van der Waals surface area contributed by atoms with Gasteiger partial charge in [0, 0.05) is 24.0 Å². The van der Waals surface area contributed by atoms with Crippen LogP contribution in [0.1, 0.15) is 60.8 Å². The number of hydrogen-bond donors (Lipinski definition) is 1. The normalized spacial score (nSPS) is 12.2. The van der Waals surface area contributed by atoms with Crippen LogP contribution in [0, 0.1) is 0 Å². The predicted molar refractivity (Wildman–Crippen MR) is 131 cm³/mol. The highest BCUT2D eigenvalue weighted by Crippen LogP contribution is 2.35. The average Bonchev–Trinajstić information content (AvgIpc) is 2.73. The van der Waals surface area contributed by atoms with E-state index in [1.807, 2.05) is 51.1 Å². The second-order valence-corrected chi connectivity index (χ2v) is 7.88. The van der Waals surface area contributed by atoms with Crippen molar-refractivity contribution in [1.29, 1.82) is 0 Å². The van der Waals surface area contributed by atoms with Gasteiger partial charge < -0.3 is 19.8 Å². The molecule has 0 atom stereocenters. The van der Waals surface area contributed by atoms with Crippen molar-refractivity contribution in [2.45, 2.75) is 67.3 Å². The summed E-state index contributed by atoms with van der Waals surface area (Å²) in [6.07, 6.45) is 8.84. The average molecular weight is 425 g/mol. The van der Waals surface area contributed by atoms with Gasteiger partial charge in [0.25, 0.3) is 5.56 Å². The molecule has 0 aliphatic rings. The smallest absolute Gasteiger partial charge is 0.297 e. The molecule has 0 saturated carbocycles. The Kier molecular flexibility index (Phi) is 8.98. The zero-order valence-electron chi connectivity index (χ0n) is 19.7. The summed E-state index contributed by atoms with van der Waals surface area (Å²) in [5.41, 5.74) is 9.68. The van der Waals surface area contributed by atoms with Gasteiger partial charge in [-0.05, 0) is 77.8 Å². The van der Waals surface area contributed by atoms with E-state index in [-0.39, 0.29) is 11.3 Å². The maximum Gasteiger partial charge on any atom is 0.297 e. The number of nitrogens with zero attached hydrogens (tertiary/aromatic N) is 1. The lowest BCUT2D eigenvalue weighted by atomic mass is 10.1. The third kappa shape index (κ3) is 6.27. The number of anilines is 1. The van der Waals surface area contributed by atoms with Gasteiger partial charge in [-0.3, -0.25) is 4.79 Å². The van der Waals surface area contributed by atoms with Gasteiger partial charge in [-0.2, -0.15) is 0 Å². The van der Waals surface area contributed by atoms with Crippen molar-refractivity contribution < 1.29 is 9.47 Å². The number of aryl methyl sites for hydroxylation is 1. The molecule has 5 nitrogen and oxygen atoms in total. The number of allylic oxidation sites excluding steroid dienone is 5. The highest BCUT2D eigenvalue weighted by atomic mass is 16.5. The maximum atomic E-state index is 13.3. The molecule has 0 spiro atoms. The lowest BCUT2D eigenvalue weighted by molar-refractivity contribution is 0.320. The Morgan fingerprint density at radius 2 is 1.87 bits per heavy atom. The SMILES string of the molecule is CC=C(CC)Oc1c(OC/C=C(\C)CCC=C(C)C)c(=O)n(CC)c2cc(N)ccc12. The summed E-state index contributed by atoms with van der Waals surface area (Å²) in [5.74, 6) is 1.47. The Morgan fingerprint density at radius 3 is 2.48 bits per heavy atom. The fraction of sp³-hybridized carbons (Fsp3) is 0.423. The van der Waals surface area contributed by atoms with Gasteiger partial charge in [-0.15, -0.1) is 0 Å². The second kappa shape index (κ2) is 11.4. The van der Waals surface area contributed by atoms with E-state index < -0.39 is 0 Å². The van der Waals surface area contributed by atoms with Gasteiger partial charge in [0.1, 0.15) is 6.61 Å².